The summed E-state index contributed by atoms with van der Waals surface area (Å²) in [6, 6.07) is 28.8. The second-order valence-corrected chi connectivity index (χ2v) is 10.7. The van der Waals surface area contributed by atoms with Gasteiger partial charge < -0.3 is 20.4 Å². The molecule has 0 spiro atoms. The minimum atomic E-state index is -0.293. The van der Waals surface area contributed by atoms with Crippen molar-refractivity contribution in [2.45, 2.75) is 27.7 Å². The average molecular weight is 618 g/mol. The third-order valence-corrected chi connectivity index (χ3v) is 7.58. The van der Waals surface area contributed by atoms with E-state index in [4.69, 9.17) is 5.53 Å². The van der Waals surface area contributed by atoms with Gasteiger partial charge in [0.15, 0.2) is 23.0 Å². The van der Waals surface area contributed by atoms with Gasteiger partial charge in [0, 0.05) is 43.1 Å². The van der Waals surface area contributed by atoms with E-state index in [0.29, 0.717) is 21.8 Å². The molecule has 0 radical (unpaired) electrons. The molecular formula is C36H31N3O4Ti. The SMILES string of the molecule is Cc1ccc(-c2ccc(-c3ccc4c(O)c(O)ccc4c3)cc2C)c(C)c1.Cc1ccc2c(O)c(O)cc(N=[N+]=[N-])c2c1.[Ti]. The van der Waals surface area contributed by atoms with E-state index in [2.05, 4.69) is 67.2 Å². The molecule has 4 N–H and O–H groups in total. The van der Waals surface area contributed by atoms with E-state index in [1.807, 2.05) is 31.2 Å². The van der Waals surface area contributed by atoms with Crippen LogP contribution < -0.4 is 0 Å². The summed E-state index contributed by atoms with van der Waals surface area (Å²) in [5, 5.41) is 44.9. The molecule has 44 heavy (non-hydrogen) atoms. The summed E-state index contributed by atoms with van der Waals surface area (Å²) in [6.07, 6.45) is 0. The minimum absolute atomic E-state index is 0. The number of phenols is 4. The van der Waals surface area contributed by atoms with Gasteiger partial charge in [0.1, 0.15) is 0 Å². The van der Waals surface area contributed by atoms with Crippen LogP contribution in [0.2, 0.25) is 0 Å². The minimum Gasteiger partial charge on any atom is -0.504 e. The first-order valence-corrected chi connectivity index (χ1v) is 13.7. The molecule has 0 amide bonds. The Hall–Kier alpha value is -4.94. The summed E-state index contributed by atoms with van der Waals surface area (Å²) < 4.78 is 0. The van der Waals surface area contributed by atoms with E-state index in [-0.39, 0.29) is 44.7 Å². The van der Waals surface area contributed by atoms with E-state index in [1.165, 1.54) is 39.9 Å². The first-order chi connectivity index (χ1) is 20.6. The van der Waals surface area contributed by atoms with Crippen molar-refractivity contribution >= 4 is 27.2 Å². The van der Waals surface area contributed by atoms with Crippen LogP contribution in [-0.4, -0.2) is 20.4 Å². The van der Waals surface area contributed by atoms with Crippen LogP contribution in [0.15, 0.2) is 96.1 Å². The van der Waals surface area contributed by atoms with Crippen molar-refractivity contribution in [1.29, 1.82) is 0 Å². The molecule has 8 heteroatoms. The molecule has 0 bridgehead atoms. The number of aromatic hydroxyl groups is 4. The maximum absolute atomic E-state index is 10.0. The fraction of sp³-hybridized carbons (Fsp3) is 0.111. The number of hydrogen-bond acceptors (Lipinski definition) is 5. The van der Waals surface area contributed by atoms with E-state index >= 15 is 0 Å². The van der Waals surface area contributed by atoms with Crippen LogP contribution in [0.4, 0.5) is 5.69 Å². The summed E-state index contributed by atoms with van der Waals surface area (Å²) in [4.78, 5) is 2.69. The maximum atomic E-state index is 10.0. The van der Waals surface area contributed by atoms with E-state index < -0.39 is 0 Å². The maximum Gasteiger partial charge on any atom is 0.165 e. The van der Waals surface area contributed by atoms with Gasteiger partial charge in [-0.2, -0.15) is 0 Å². The van der Waals surface area contributed by atoms with Crippen LogP contribution in [-0.2, 0) is 21.7 Å². The molecular weight excluding hydrogens is 586 g/mol. The number of aryl methyl sites for hydroxylation is 4. The van der Waals surface area contributed by atoms with Crippen molar-refractivity contribution < 1.29 is 42.1 Å². The second kappa shape index (κ2) is 13.1. The fourth-order valence-corrected chi connectivity index (χ4v) is 5.36. The Morgan fingerprint density at radius 2 is 1.11 bits per heavy atom. The molecule has 218 valence electrons. The molecule has 0 aliphatic heterocycles. The van der Waals surface area contributed by atoms with Gasteiger partial charge in [-0.15, -0.1) is 0 Å². The molecule has 0 fully saturated rings. The first-order valence-electron chi connectivity index (χ1n) is 13.7. The van der Waals surface area contributed by atoms with Crippen LogP contribution in [0.25, 0.3) is 54.2 Å². The number of phenolic OH excluding ortho intramolecular Hbond substituents is 4. The van der Waals surface area contributed by atoms with Crippen LogP contribution in [0.3, 0.4) is 0 Å². The Morgan fingerprint density at radius 3 is 1.80 bits per heavy atom. The predicted octanol–water partition coefficient (Wildman–Crippen LogP) is 10.0. The molecule has 0 unspecified atom stereocenters. The summed E-state index contributed by atoms with van der Waals surface area (Å²) >= 11 is 0. The number of rotatable bonds is 3. The Balaban J connectivity index is 0.000000223. The van der Waals surface area contributed by atoms with Gasteiger partial charge in [0.25, 0.3) is 0 Å². The first kappa shape index (κ1) is 32.0. The molecule has 0 aliphatic carbocycles. The third kappa shape index (κ3) is 6.36. The zero-order valence-corrected chi connectivity index (χ0v) is 26.4. The Kier molecular flexibility index (Phi) is 9.56. The molecule has 6 aromatic carbocycles. The molecule has 0 saturated heterocycles. The van der Waals surface area contributed by atoms with Crippen LogP contribution >= 0.6 is 0 Å². The van der Waals surface area contributed by atoms with E-state index in [9.17, 15) is 20.4 Å². The Labute approximate surface area is 270 Å². The van der Waals surface area contributed by atoms with Crippen molar-refractivity contribution in [3.63, 3.8) is 0 Å². The number of nitrogens with zero attached hydrogens (tertiary/aromatic N) is 3. The summed E-state index contributed by atoms with van der Waals surface area (Å²) in [6.45, 7) is 8.30. The fourth-order valence-electron chi connectivity index (χ4n) is 5.36. The van der Waals surface area contributed by atoms with Gasteiger partial charge in [-0.05, 0) is 102 Å². The molecule has 7 nitrogen and oxygen atoms in total. The molecule has 6 aromatic rings. The largest absolute Gasteiger partial charge is 0.504 e. The van der Waals surface area contributed by atoms with Gasteiger partial charge in [0.05, 0.1) is 0 Å². The predicted molar refractivity (Wildman–Crippen MR) is 173 cm³/mol. The topological polar surface area (TPSA) is 130 Å². The molecule has 0 aliphatic rings. The van der Waals surface area contributed by atoms with Crippen LogP contribution in [0.1, 0.15) is 22.3 Å². The molecule has 0 atom stereocenters. The number of azide groups is 1. The normalized spacial score (nSPS) is 10.5. The van der Waals surface area contributed by atoms with E-state index in [0.717, 1.165) is 22.1 Å². The van der Waals surface area contributed by atoms with Crippen molar-refractivity contribution in [2.75, 3.05) is 0 Å². The summed E-state index contributed by atoms with van der Waals surface area (Å²) in [5.41, 5.74) is 18.2. The quantitative estimate of drug-likeness (QED) is 0.0518. The van der Waals surface area contributed by atoms with E-state index in [1.54, 1.807) is 18.2 Å². The molecule has 0 saturated carbocycles. The van der Waals surface area contributed by atoms with Crippen LogP contribution in [0, 0.1) is 27.7 Å². The van der Waals surface area contributed by atoms with Gasteiger partial charge in [-0.3, -0.25) is 0 Å². The zero-order chi connectivity index (χ0) is 30.8. The van der Waals surface area contributed by atoms with Gasteiger partial charge in [-0.25, -0.2) is 0 Å². The standard InChI is InChI=1S/C25H22O2.C11H9N3O2.Ti/c1-15-4-8-21(16(2)12-15)22-9-5-18(13-17(22)3)19-6-10-23-20(14-19)7-11-24(26)25(23)27;1-6-2-3-7-8(4-6)9(13-14-12)5-10(15)11(7)16;/h4-14,26-27H,1-3H3;2-5,15-16H,1H3;. The number of fused-ring (bicyclic) bond motifs is 2. The van der Waals surface area contributed by atoms with Crippen molar-refractivity contribution in [3.8, 4) is 45.3 Å². The smallest absolute Gasteiger partial charge is 0.165 e. The molecule has 0 heterocycles. The molecule has 6 rings (SSSR count). The van der Waals surface area contributed by atoms with Crippen molar-refractivity contribution in [3.05, 3.63) is 124 Å². The second-order valence-electron chi connectivity index (χ2n) is 10.7. The van der Waals surface area contributed by atoms with Gasteiger partial charge >= 0.3 is 0 Å². The van der Waals surface area contributed by atoms with Crippen molar-refractivity contribution in [1.82, 2.24) is 0 Å². The van der Waals surface area contributed by atoms with Gasteiger partial charge in [0.2, 0.25) is 0 Å². The zero-order valence-electron chi connectivity index (χ0n) is 24.8. The number of hydrogen-bond donors (Lipinski definition) is 4. The summed E-state index contributed by atoms with van der Waals surface area (Å²) in [5.74, 6) is -0.657. The Morgan fingerprint density at radius 1 is 0.545 bits per heavy atom. The summed E-state index contributed by atoms with van der Waals surface area (Å²) in [7, 11) is 0. The third-order valence-electron chi connectivity index (χ3n) is 7.58. The Bertz CT molecular complexity index is 2090. The average Bonchev–Trinajstić information content (AvgIpc) is 2.98. The van der Waals surface area contributed by atoms with Crippen LogP contribution in [0.5, 0.6) is 23.0 Å². The monoisotopic (exact) mass is 617 g/mol. The van der Waals surface area contributed by atoms with Crippen molar-refractivity contribution in [2.24, 2.45) is 5.11 Å². The van der Waals surface area contributed by atoms with Gasteiger partial charge in [-0.1, -0.05) is 83.0 Å². The number of benzene rings is 6. The molecule has 0 aromatic heterocycles.